The zero-order chi connectivity index (χ0) is 24.0. The average molecular weight is 487 g/mol. The van der Waals surface area contributed by atoms with Gasteiger partial charge in [-0.1, -0.05) is 23.7 Å². The van der Waals surface area contributed by atoms with Gasteiger partial charge in [0, 0.05) is 42.3 Å². The summed E-state index contributed by atoms with van der Waals surface area (Å²) < 4.78 is 7.20. The molecule has 2 saturated heterocycles. The van der Waals surface area contributed by atoms with Crippen molar-refractivity contribution in [2.24, 2.45) is 5.41 Å². The molecule has 0 atom stereocenters. The van der Waals surface area contributed by atoms with E-state index in [-0.39, 0.29) is 16.8 Å². The van der Waals surface area contributed by atoms with Gasteiger partial charge in [-0.05, 0) is 42.8 Å². The molecular weight excluding hydrogens is 464 g/mol. The topological polar surface area (TPSA) is 85.2 Å². The molecule has 3 aromatic heterocycles. The third-order valence-electron chi connectivity index (χ3n) is 6.54. The first-order valence-electron chi connectivity index (χ1n) is 11.4. The number of aryl methyl sites for hydroxylation is 1. The highest BCUT2D eigenvalue weighted by Crippen LogP contribution is 2.40. The van der Waals surface area contributed by atoms with Crippen LogP contribution in [0, 0.1) is 12.3 Å². The van der Waals surface area contributed by atoms with Crippen molar-refractivity contribution in [1.29, 1.82) is 0 Å². The molecule has 0 unspecified atom stereocenters. The molecule has 0 saturated carbocycles. The Labute approximate surface area is 207 Å². The predicted octanol–water partition coefficient (Wildman–Crippen LogP) is 4.38. The Balaban J connectivity index is 1.22. The molecule has 2 fully saturated rings. The molecule has 9 heteroatoms. The Morgan fingerprint density at radius 3 is 2.71 bits per heavy atom. The first-order valence-corrected chi connectivity index (χ1v) is 11.7. The molecule has 0 bridgehead atoms. The number of hydrogen-bond acceptors (Lipinski definition) is 6. The predicted molar refractivity (Wildman–Crippen MR) is 134 cm³/mol. The average Bonchev–Trinajstić information content (AvgIpc) is 3.29. The number of nitrogens with one attached hydrogen (secondary N) is 1. The molecule has 5 heterocycles. The minimum Gasteiger partial charge on any atom is -0.380 e. The number of anilines is 2. The van der Waals surface area contributed by atoms with Crippen LogP contribution in [0.25, 0.3) is 16.8 Å². The lowest BCUT2D eigenvalue weighted by atomic mass is 9.78. The number of aromatic nitrogens is 4. The van der Waals surface area contributed by atoms with Gasteiger partial charge in [-0.15, -0.1) is 0 Å². The van der Waals surface area contributed by atoms with Crippen LogP contribution >= 0.6 is 11.6 Å². The Morgan fingerprint density at radius 1 is 1.09 bits per heavy atom. The quantitative estimate of drug-likeness (QED) is 0.421. The van der Waals surface area contributed by atoms with Gasteiger partial charge in [0.1, 0.15) is 10.8 Å². The van der Waals surface area contributed by atoms with E-state index in [1.165, 1.54) is 0 Å². The smallest absolute Gasteiger partial charge is 0.274 e. The summed E-state index contributed by atoms with van der Waals surface area (Å²) in [6.07, 6.45) is 7.57. The number of halogens is 1. The van der Waals surface area contributed by atoms with Crippen molar-refractivity contribution in [3.63, 3.8) is 0 Å². The van der Waals surface area contributed by atoms with Crippen molar-refractivity contribution in [2.45, 2.75) is 6.92 Å². The lowest BCUT2D eigenvalue weighted by Gasteiger charge is -2.55. The van der Waals surface area contributed by atoms with Crippen LogP contribution in [0.2, 0.25) is 5.15 Å². The normalized spacial score (nSPS) is 16.0. The Bertz CT molecular complexity index is 1420. The van der Waals surface area contributed by atoms with Gasteiger partial charge < -0.3 is 15.0 Å². The molecule has 1 aromatic carbocycles. The Hall–Kier alpha value is -3.75. The Kier molecular flexibility index (Phi) is 5.27. The summed E-state index contributed by atoms with van der Waals surface area (Å²) in [6, 6.07) is 12.8. The molecule has 0 aliphatic carbocycles. The van der Waals surface area contributed by atoms with Gasteiger partial charge in [0.05, 0.1) is 42.4 Å². The highest BCUT2D eigenvalue weighted by Gasteiger charge is 2.49. The summed E-state index contributed by atoms with van der Waals surface area (Å²) in [7, 11) is 0. The van der Waals surface area contributed by atoms with Crippen molar-refractivity contribution >= 4 is 28.9 Å². The van der Waals surface area contributed by atoms with Crippen LogP contribution < -0.4 is 10.2 Å². The van der Waals surface area contributed by atoms with Crippen LogP contribution in [0.4, 0.5) is 11.4 Å². The Morgan fingerprint density at radius 2 is 1.94 bits per heavy atom. The van der Waals surface area contributed by atoms with E-state index in [9.17, 15) is 4.79 Å². The van der Waals surface area contributed by atoms with Crippen molar-refractivity contribution in [1.82, 2.24) is 19.7 Å². The van der Waals surface area contributed by atoms with E-state index in [0.29, 0.717) is 11.1 Å². The summed E-state index contributed by atoms with van der Waals surface area (Å²) in [6.45, 7) is 5.75. The molecule has 2 aliphatic heterocycles. The number of ether oxygens (including phenoxy) is 1. The summed E-state index contributed by atoms with van der Waals surface area (Å²) in [5.74, 6) is -0.326. The second-order valence-electron chi connectivity index (χ2n) is 9.26. The molecule has 2 aliphatic rings. The highest BCUT2D eigenvalue weighted by molar-refractivity contribution is 6.29. The molecule has 6 rings (SSSR count). The maximum absolute atomic E-state index is 12.6. The largest absolute Gasteiger partial charge is 0.380 e. The molecule has 0 radical (unpaired) electrons. The first kappa shape index (κ1) is 21.8. The van der Waals surface area contributed by atoms with Crippen molar-refractivity contribution in [3.8, 4) is 16.8 Å². The fraction of sp³-hybridized carbons (Fsp3) is 0.231. The van der Waals surface area contributed by atoms with Crippen LogP contribution in [0.5, 0.6) is 0 Å². The van der Waals surface area contributed by atoms with Crippen molar-refractivity contribution < 1.29 is 9.53 Å². The van der Waals surface area contributed by atoms with Crippen LogP contribution in [0.1, 0.15) is 16.1 Å². The summed E-state index contributed by atoms with van der Waals surface area (Å²) >= 11 is 5.92. The lowest BCUT2D eigenvalue weighted by molar-refractivity contribution is -0.127. The first-order chi connectivity index (χ1) is 17.0. The third kappa shape index (κ3) is 4.15. The summed E-state index contributed by atoms with van der Waals surface area (Å²) in [5.41, 5.74) is 6.24. The second kappa shape index (κ2) is 8.48. The molecule has 4 aromatic rings. The van der Waals surface area contributed by atoms with Crippen molar-refractivity contribution in [2.75, 3.05) is 36.5 Å². The van der Waals surface area contributed by atoms with Crippen molar-refractivity contribution in [3.05, 3.63) is 83.7 Å². The fourth-order valence-electron chi connectivity index (χ4n) is 4.55. The standard InChI is InChI=1S/C26H23ClN6O2/c1-17-5-6-20(30-25(34)22-3-2-4-24(27)31-22)8-23(17)33-12-19(10-29-33)18-7-21(11-28-9-18)32-13-26(14-32)15-35-16-26/h2-12H,13-16H2,1H3,(H,30,34). The zero-order valence-corrected chi connectivity index (χ0v) is 19.9. The van der Waals surface area contributed by atoms with E-state index in [2.05, 4.69) is 31.3 Å². The number of hydrogen-bond donors (Lipinski definition) is 1. The number of pyridine rings is 2. The van der Waals surface area contributed by atoms with E-state index in [1.807, 2.05) is 54.6 Å². The van der Waals surface area contributed by atoms with E-state index in [4.69, 9.17) is 16.3 Å². The number of benzene rings is 1. The minimum atomic E-state index is -0.326. The molecule has 176 valence electrons. The van der Waals surface area contributed by atoms with Gasteiger partial charge in [-0.2, -0.15) is 5.10 Å². The molecular formula is C26H23ClN6O2. The molecule has 1 amide bonds. The van der Waals surface area contributed by atoms with Gasteiger partial charge in [0.15, 0.2) is 0 Å². The van der Waals surface area contributed by atoms with Gasteiger partial charge in [-0.3, -0.25) is 9.78 Å². The van der Waals surface area contributed by atoms with Crippen LogP contribution in [-0.4, -0.2) is 52.0 Å². The van der Waals surface area contributed by atoms with Crippen LogP contribution in [0.15, 0.2) is 67.3 Å². The van der Waals surface area contributed by atoms with E-state index >= 15 is 0 Å². The van der Waals surface area contributed by atoms with Gasteiger partial charge in [0.2, 0.25) is 0 Å². The molecule has 8 nitrogen and oxygen atoms in total. The molecule has 35 heavy (non-hydrogen) atoms. The van der Waals surface area contributed by atoms with E-state index in [1.54, 1.807) is 18.2 Å². The number of rotatable bonds is 5. The molecule has 1 N–H and O–H groups in total. The SMILES string of the molecule is Cc1ccc(NC(=O)c2cccc(Cl)n2)cc1-n1cc(-c2cncc(N3CC4(COC4)C3)c2)cn1. The zero-order valence-electron chi connectivity index (χ0n) is 19.1. The minimum absolute atomic E-state index is 0.256. The molecule has 1 spiro atoms. The van der Waals surface area contributed by atoms with E-state index in [0.717, 1.165) is 54.4 Å². The fourth-order valence-corrected chi connectivity index (χ4v) is 4.71. The summed E-state index contributed by atoms with van der Waals surface area (Å²) in [4.78, 5) is 23.5. The number of carbonyl (C=O) groups is 1. The van der Waals surface area contributed by atoms with Gasteiger partial charge in [0.25, 0.3) is 5.91 Å². The monoisotopic (exact) mass is 486 g/mol. The second-order valence-corrected chi connectivity index (χ2v) is 9.64. The maximum atomic E-state index is 12.6. The number of amides is 1. The number of carbonyl (C=O) groups excluding carboxylic acids is 1. The van der Waals surface area contributed by atoms with Crippen LogP contribution in [0.3, 0.4) is 0 Å². The highest BCUT2D eigenvalue weighted by atomic mass is 35.5. The van der Waals surface area contributed by atoms with E-state index < -0.39 is 0 Å². The van der Waals surface area contributed by atoms with Gasteiger partial charge >= 0.3 is 0 Å². The lowest BCUT2D eigenvalue weighted by Crippen LogP contribution is -2.66. The summed E-state index contributed by atoms with van der Waals surface area (Å²) in [5, 5.41) is 7.74. The number of nitrogens with zero attached hydrogens (tertiary/aromatic N) is 5. The maximum Gasteiger partial charge on any atom is 0.274 e. The third-order valence-corrected chi connectivity index (χ3v) is 6.75. The van der Waals surface area contributed by atoms with Crippen LogP contribution in [-0.2, 0) is 4.74 Å². The van der Waals surface area contributed by atoms with Gasteiger partial charge in [-0.25, -0.2) is 9.67 Å².